The predicted molar refractivity (Wildman–Crippen MR) is 95.3 cm³/mol. The molecule has 0 aromatic heterocycles. The van der Waals surface area contributed by atoms with Crippen LogP contribution in [0.5, 0.6) is 11.5 Å². The van der Waals surface area contributed by atoms with Crippen molar-refractivity contribution in [3.63, 3.8) is 0 Å². The minimum atomic E-state index is 0.549. The second-order valence-electron chi connectivity index (χ2n) is 4.35. The van der Waals surface area contributed by atoms with E-state index in [-0.39, 0.29) is 0 Å². The standard InChI is InChI=1S/C11H12O.C9H10O/c1-3-9-12-11-7-5-10(4-2)6-8-11;1-3-8-4-6-9(10-2)7-5-8/h3-8H,1-2,9H2;3-7H,1H2,2H3. The first-order chi connectivity index (χ1) is 10.7. The quantitative estimate of drug-likeness (QED) is 0.679. The first-order valence-corrected chi connectivity index (χ1v) is 6.96. The molecular formula is C20H22O2. The van der Waals surface area contributed by atoms with Gasteiger partial charge in [-0.1, -0.05) is 62.2 Å². The highest BCUT2D eigenvalue weighted by molar-refractivity contribution is 5.48. The SMILES string of the molecule is C=CCOc1ccc(C=C)cc1.C=Cc1ccc(OC)cc1. The van der Waals surface area contributed by atoms with Gasteiger partial charge in [0, 0.05) is 0 Å². The van der Waals surface area contributed by atoms with Crippen molar-refractivity contribution >= 4 is 12.2 Å². The van der Waals surface area contributed by atoms with Crippen LogP contribution in [-0.2, 0) is 0 Å². The van der Waals surface area contributed by atoms with Gasteiger partial charge < -0.3 is 9.47 Å². The molecule has 0 spiro atoms. The van der Waals surface area contributed by atoms with Crippen LogP contribution in [0, 0.1) is 0 Å². The highest BCUT2D eigenvalue weighted by Gasteiger charge is 1.90. The Morgan fingerprint density at radius 2 is 1.23 bits per heavy atom. The van der Waals surface area contributed by atoms with Gasteiger partial charge >= 0.3 is 0 Å². The van der Waals surface area contributed by atoms with Crippen LogP contribution >= 0.6 is 0 Å². The topological polar surface area (TPSA) is 18.5 Å². The van der Waals surface area contributed by atoms with Crippen LogP contribution in [0.4, 0.5) is 0 Å². The summed E-state index contributed by atoms with van der Waals surface area (Å²) in [5.74, 6) is 1.74. The van der Waals surface area contributed by atoms with Gasteiger partial charge in [-0.25, -0.2) is 0 Å². The van der Waals surface area contributed by atoms with Crippen molar-refractivity contribution in [1.29, 1.82) is 0 Å². The molecule has 0 amide bonds. The zero-order chi connectivity index (χ0) is 16.2. The molecule has 2 nitrogen and oxygen atoms in total. The lowest BCUT2D eigenvalue weighted by Crippen LogP contribution is -1.91. The first kappa shape index (κ1) is 17.3. The van der Waals surface area contributed by atoms with Gasteiger partial charge in [0.05, 0.1) is 7.11 Å². The van der Waals surface area contributed by atoms with Gasteiger partial charge in [0.2, 0.25) is 0 Å². The fourth-order valence-corrected chi connectivity index (χ4v) is 1.60. The maximum absolute atomic E-state index is 5.30. The van der Waals surface area contributed by atoms with E-state index in [2.05, 4.69) is 19.7 Å². The van der Waals surface area contributed by atoms with Crippen molar-refractivity contribution in [3.05, 3.63) is 85.5 Å². The predicted octanol–water partition coefficient (Wildman–Crippen LogP) is 5.23. The average Bonchev–Trinajstić information content (AvgIpc) is 2.61. The molecule has 2 heteroatoms. The molecule has 22 heavy (non-hydrogen) atoms. The average molecular weight is 294 g/mol. The molecule has 0 bridgehead atoms. The summed E-state index contributed by atoms with van der Waals surface area (Å²) in [5.41, 5.74) is 2.21. The molecule has 0 unspecified atom stereocenters. The van der Waals surface area contributed by atoms with Gasteiger partial charge in [-0.2, -0.15) is 0 Å². The van der Waals surface area contributed by atoms with Crippen LogP contribution in [0.15, 0.2) is 74.3 Å². The van der Waals surface area contributed by atoms with Crippen molar-refractivity contribution in [2.45, 2.75) is 0 Å². The largest absolute Gasteiger partial charge is 0.497 e. The van der Waals surface area contributed by atoms with Crippen molar-refractivity contribution in [2.75, 3.05) is 13.7 Å². The Morgan fingerprint density at radius 3 is 1.59 bits per heavy atom. The summed E-state index contributed by atoms with van der Waals surface area (Å²) in [6.45, 7) is 11.4. The monoisotopic (exact) mass is 294 g/mol. The van der Waals surface area contributed by atoms with E-state index in [4.69, 9.17) is 9.47 Å². The molecule has 0 radical (unpaired) electrons. The van der Waals surface area contributed by atoms with Gasteiger partial charge in [0.15, 0.2) is 0 Å². The van der Waals surface area contributed by atoms with Crippen LogP contribution in [0.3, 0.4) is 0 Å². The van der Waals surface area contributed by atoms with Gasteiger partial charge in [0.1, 0.15) is 18.1 Å². The number of hydrogen-bond acceptors (Lipinski definition) is 2. The Kier molecular flexibility index (Phi) is 7.91. The number of benzene rings is 2. The summed E-state index contributed by atoms with van der Waals surface area (Å²) in [5, 5.41) is 0. The number of hydrogen-bond donors (Lipinski definition) is 0. The van der Waals surface area contributed by atoms with Crippen LogP contribution < -0.4 is 9.47 Å². The number of methoxy groups -OCH3 is 1. The van der Waals surface area contributed by atoms with E-state index in [0.717, 1.165) is 22.6 Å². The molecule has 0 heterocycles. The lowest BCUT2D eigenvalue weighted by molar-refractivity contribution is 0.363. The normalized spacial score (nSPS) is 8.95. The summed E-state index contributed by atoms with van der Waals surface area (Å²) >= 11 is 0. The van der Waals surface area contributed by atoms with Crippen molar-refractivity contribution in [3.8, 4) is 11.5 Å². The summed E-state index contributed by atoms with van der Waals surface area (Å²) in [6.07, 6.45) is 5.33. The Hall–Kier alpha value is -2.74. The van der Waals surface area contributed by atoms with Crippen LogP contribution in [-0.4, -0.2) is 13.7 Å². The van der Waals surface area contributed by atoms with Gasteiger partial charge in [-0.3, -0.25) is 0 Å². The highest BCUT2D eigenvalue weighted by Crippen LogP contribution is 2.12. The van der Waals surface area contributed by atoms with E-state index in [1.165, 1.54) is 0 Å². The fourth-order valence-electron chi connectivity index (χ4n) is 1.60. The van der Waals surface area contributed by atoms with Crippen LogP contribution in [0.2, 0.25) is 0 Å². The van der Waals surface area contributed by atoms with Crippen LogP contribution in [0.1, 0.15) is 11.1 Å². The molecule has 0 aliphatic carbocycles. The Bertz CT molecular complexity index is 580. The van der Waals surface area contributed by atoms with Crippen molar-refractivity contribution in [1.82, 2.24) is 0 Å². The van der Waals surface area contributed by atoms with E-state index in [0.29, 0.717) is 6.61 Å². The summed E-state index contributed by atoms with van der Waals surface area (Å²) in [6, 6.07) is 15.5. The third-order valence-electron chi connectivity index (χ3n) is 2.84. The Labute approximate surface area is 133 Å². The lowest BCUT2D eigenvalue weighted by atomic mass is 10.2. The molecule has 0 N–H and O–H groups in total. The van der Waals surface area contributed by atoms with Gasteiger partial charge in [0.25, 0.3) is 0 Å². The minimum Gasteiger partial charge on any atom is -0.497 e. The molecule has 2 rings (SSSR count). The highest BCUT2D eigenvalue weighted by atomic mass is 16.5. The lowest BCUT2D eigenvalue weighted by Gasteiger charge is -2.02. The fraction of sp³-hybridized carbons (Fsp3) is 0.100. The third kappa shape index (κ3) is 6.14. The summed E-state index contributed by atoms with van der Waals surface area (Å²) in [7, 11) is 1.66. The van der Waals surface area contributed by atoms with Crippen molar-refractivity contribution < 1.29 is 9.47 Å². The van der Waals surface area contributed by atoms with E-state index in [1.807, 2.05) is 48.5 Å². The molecular weight excluding hydrogens is 272 g/mol. The van der Waals surface area contributed by atoms with Crippen molar-refractivity contribution in [2.24, 2.45) is 0 Å². The van der Waals surface area contributed by atoms with E-state index in [1.54, 1.807) is 25.3 Å². The molecule has 0 saturated carbocycles. The zero-order valence-corrected chi connectivity index (χ0v) is 13.0. The maximum atomic E-state index is 5.30. The smallest absolute Gasteiger partial charge is 0.119 e. The molecule has 0 atom stereocenters. The first-order valence-electron chi connectivity index (χ1n) is 6.96. The number of rotatable bonds is 6. The second-order valence-corrected chi connectivity index (χ2v) is 4.35. The summed E-state index contributed by atoms with van der Waals surface area (Å²) < 4.78 is 10.3. The third-order valence-corrected chi connectivity index (χ3v) is 2.84. The molecule has 2 aromatic carbocycles. The Balaban J connectivity index is 0.000000224. The van der Waals surface area contributed by atoms with Crippen LogP contribution in [0.25, 0.3) is 12.2 Å². The second kappa shape index (κ2) is 10.1. The molecule has 114 valence electrons. The molecule has 2 aromatic rings. The van der Waals surface area contributed by atoms with E-state index in [9.17, 15) is 0 Å². The molecule has 0 fully saturated rings. The molecule has 0 saturated heterocycles. The van der Waals surface area contributed by atoms with Gasteiger partial charge in [-0.05, 0) is 35.4 Å². The zero-order valence-electron chi connectivity index (χ0n) is 13.0. The molecule has 0 aliphatic heterocycles. The summed E-state index contributed by atoms with van der Waals surface area (Å²) in [4.78, 5) is 0. The van der Waals surface area contributed by atoms with E-state index < -0.39 is 0 Å². The number of ether oxygens (including phenoxy) is 2. The maximum Gasteiger partial charge on any atom is 0.119 e. The minimum absolute atomic E-state index is 0.549. The van der Waals surface area contributed by atoms with E-state index >= 15 is 0 Å². The Morgan fingerprint density at radius 1 is 0.773 bits per heavy atom. The van der Waals surface area contributed by atoms with Gasteiger partial charge in [-0.15, -0.1) is 0 Å². The molecule has 0 aliphatic rings.